The molecule has 260 valence electrons. The first kappa shape index (κ1) is 31.9. The number of fused-ring (bicyclic) bond motifs is 7. The molecule has 55 heavy (non-hydrogen) atoms. The summed E-state index contributed by atoms with van der Waals surface area (Å²) in [6, 6.07) is 63.8. The number of hydrogen-bond acceptors (Lipinski definition) is 3. The summed E-state index contributed by atoms with van der Waals surface area (Å²) >= 11 is 1.98. The monoisotopic (exact) mass is 721 g/mol. The summed E-state index contributed by atoms with van der Waals surface area (Å²) in [7, 11) is 0. The largest absolute Gasteiger partial charge is 0.455 e. The van der Waals surface area contributed by atoms with Crippen LogP contribution in [0.15, 0.2) is 210 Å². The van der Waals surface area contributed by atoms with Gasteiger partial charge in [0.1, 0.15) is 11.2 Å². The quantitative estimate of drug-likeness (QED) is 0.170. The maximum absolute atomic E-state index is 6.47. The second kappa shape index (κ2) is 13.1. The van der Waals surface area contributed by atoms with Crippen LogP contribution in [0.4, 0.5) is 17.1 Å². The summed E-state index contributed by atoms with van der Waals surface area (Å²) in [6.45, 7) is 0. The number of nitrogens with zero attached hydrogens (tertiary/aromatic N) is 1. The fraction of sp³-hybridized carbons (Fsp3) is 0.0385. The van der Waals surface area contributed by atoms with Crippen molar-refractivity contribution in [1.29, 1.82) is 0 Å². The third kappa shape index (κ3) is 5.42. The van der Waals surface area contributed by atoms with Crippen molar-refractivity contribution in [2.45, 2.75) is 16.1 Å². The number of allylic oxidation sites excluding steroid dienone is 3. The average Bonchev–Trinajstić information content (AvgIpc) is 3.83. The minimum Gasteiger partial charge on any atom is -0.455 e. The molecule has 2 atom stereocenters. The highest BCUT2D eigenvalue weighted by Gasteiger charge is 2.34. The Labute approximate surface area is 324 Å². The van der Waals surface area contributed by atoms with Crippen LogP contribution in [0.5, 0.6) is 0 Å². The van der Waals surface area contributed by atoms with Gasteiger partial charge in [-0.15, -0.1) is 11.8 Å². The van der Waals surface area contributed by atoms with Crippen LogP contribution in [-0.4, -0.2) is 5.25 Å². The van der Waals surface area contributed by atoms with Crippen LogP contribution in [0.3, 0.4) is 0 Å². The lowest BCUT2D eigenvalue weighted by Crippen LogP contribution is -2.13. The van der Waals surface area contributed by atoms with Gasteiger partial charge in [-0.1, -0.05) is 164 Å². The second-order valence-electron chi connectivity index (χ2n) is 14.4. The smallest absolute Gasteiger partial charge is 0.143 e. The highest BCUT2D eigenvalue weighted by Crippen LogP contribution is 2.55. The molecular formula is C52H35NOS. The van der Waals surface area contributed by atoms with E-state index in [2.05, 4.69) is 199 Å². The number of anilines is 3. The molecule has 2 unspecified atom stereocenters. The molecule has 1 aromatic heterocycles. The van der Waals surface area contributed by atoms with Crippen molar-refractivity contribution in [3.8, 4) is 33.4 Å². The topological polar surface area (TPSA) is 16.4 Å². The number of para-hydroxylation sites is 2. The molecule has 2 heterocycles. The first-order valence-electron chi connectivity index (χ1n) is 18.9. The van der Waals surface area contributed by atoms with Gasteiger partial charge in [0.2, 0.25) is 0 Å². The molecule has 0 N–H and O–H groups in total. The summed E-state index contributed by atoms with van der Waals surface area (Å²) in [4.78, 5) is 3.83. The molecule has 0 spiro atoms. The number of rotatable bonds is 6. The fourth-order valence-corrected chi connectivity index (χ4v) is 9.97. The average molecular weight is 722 g/mol. The van der Waals surface area contributed by atoms with E-state index in [1.807, 2.05) is 17.8 Å². The fourth-order valence-electron chi connectivity index (χ4n) is 8.52. The Morgan fingerprint density at radius 1 is 0.473 bits per heavy atom. The van der Waals surface area contributed by atoms with Gasteiger partial charge in [0.05, 0.1) is 11.4 Å². The Balaban J connectivity index is 1.12. The zero-order valence-corrected chi connectivity index (χ0v) is 30.8. The standard InChI is InChI=1S/C52H35NOS/c1-2-13-35(14-3-1)41-31-28-39(38-25-24-34-12-4-5-15-37(34)32-38)33-48(41)53(47-21-11-20-46-44-17-7-9-23-50(44)55-52(46)47)40-29-26-36(27-30-40)42-18-10-19-45-43-16-6-8-22-49(43)54-51(42)45/h1-33,44,50H. The minimum absolute atomic E-state index is 0.357. The molecule has 1 aliphatic heterocycles. The summed E-state index contributed by atoms with van der Waals surface area (Å²) in [5.74, 6) is 0.357. The SMILES string of the molecule is C1=CC2Sc3c(cccc3N(c3ccc(-c4cccc5c4oc4ccccc45)cc3)c3cc(-c4ccc5ccccc5c4)ccc3-c3ccccc3)C2C=C1. The van der Waals surface area contributed by atoms with E-state index in [9.17, 15) is 0 Å². The van der Waals surface area contributed by atoms with Crippen LogP contribution < -0.4 is 4.90 Å². The van der Waals surface area contributed by atoms with Crippen LogP contribution in [0.2, 0.25) is 0 Å². The first-order chi connectivity index (χ1) is 27.3. The van der Waals surface area contributed by atoms with Gasteiger partial charge in [0, 0.05) is 43.7 Å². The van der Waals surface area contributed by atoms with Crippen LogP contribution in [0.1, 0.15) is 11.5 Å². The van der Waals surface area contributed by atoms with E-state index in [-0.39, 0.29) is 0 Å². The minimum atomic E-state index is 0.357. The molecule has 0 fully saturated rings. The molecule has 0 radical (unpaired) electrons. The van der Waals surface area contributed by atoms with E-state index in [4.69, 9.17) is 4.42 Å². The van der Waals surface area contributed by atoms with Gasteiger partial charge in [-0.3, -0.25) is 0 Å². The Morgan fingerprint density at radius 2 is 1.18 bits per heavy atom. The van der Waals surface area contributed by atoms with E-state index in [1.165, 1.54) is 49.2 Å². The maximum Gasteiger partial charge on any atom is 0.143 e. The van der Waals surface area contributed by atoms with Gasteiger partial charge in [0.25, 0.3) is 0 Å². The van der Waals surface area contributed by atoms with Crippen molar-refractivity contribution >= 4 is 61.5 Å². The number of benzene rings is 8. The number of furan rings is 1. The van der Waals surface area contributed by atoms with Gasteiger partial charge in [-0.05, 0) is 75.0 Å². The third-order valence-electron chi connectivity index (χ3n) is 11.2. The van der Waals surface area contributed by atoms with Gasteiger partial charge < -0.3 is 9.32 Å². The van der Waals surface area contributed by atoms with Gasteiger partial charge in [-0.2, -0.15) is 0 Å². The molecule has 0 saturated heterocycles. The summed E-state index contributed by atoms with van der Waals surface area (Å²) in [5, 5.41) is 5.14. The first-order valence-corrected chi connectivity index (χ1v) is 19.8. The molecule has 9 aromatic rings. The number of thioether (sulfide) groups is 1. The third-order valence-corrected chi connectivity index (χ3v) is 12.6. The van der Waals surface area contributed by atoms with Crippen LogP contribution in [-0.2, 0) is 0 Å². The predicted molar refractivity (Wildman–Crippen MR) is 233 cm³/mol. The van der Waals surface area contributed by atoms with Crippen molar-refractivity contribution < 1.29 is 4.42 Å². The van der Waals surface area contributed by atoms with Gasteiger partial charge in [0.15, 0.2) is 0 Å². The van der Waals surface area contributed by atoms with Gasteiger partial charge >= 0.3 is 0 Å². The molecule has 11 rings (SSSR count). The summed E-state index contributed by atoms with van der Waals surface area (Å²) in [6.07, 6.45) is 9.11. The summed E-state index contributed by atoms with van der Waals surface area (Å²) in [5.41, 5.74) is 13.6. The molecular weight excluding hydrogens is 687 g/mol. The Kier molecular flexibility index (Phi) is 7.60. The van der Waals surface area contributed by atoms with Gasteiger partial charge in [-0.25, -0.2) is 0 Å². The predicted octanol–water partition coefficient (Wildman–Crippen LogP) is 14.9. The second-order valence-corrected chi connectivity index (χ2v) is 15.6. The van der Waals surface area contributed by atoms with Crippen LogP contribution in [0, 0.1) is 0 Å². The van der Waals surface area contributed by atoms with Crippen LogP contribution >= 0.6 is 11.8 Å². The maximum atomic E-state index is 6.47. The normalized spacial score (nSPS) is 15.8. The lowest BCUT2D eigenvalue weighted by atomic mass is 9.91. The summed E-state index contributed by atoms with van der Waals surface area (Å²) < 4.78 is 6.47. The van der Waals surface area contributed by atoms with E-state index < -0.39 is 0 Å². The van der Waals surface area contributed by atoms with Crippen molar-refractivity contribution in [2.24, 2.45) is 0 Å². The van der Waals surface area contributed by atoms with Crippen LogP contribution in [0.25, 0.3) is 66.1 Å². The highest BCUT2D eigenvalue weighted by molar-refractivity contribution is 8.00. The zero-order valence-electron chi connectivity index (χ0n) is 30.0. The molecule has 2 nitrogen and oxygen atoms in total. The van der Waals surface area contributed by atoms with E-state index in [0.29, 0.717) is 11.2 Å². The molecule has 3 heteroatoms. The Bertz CT molecular complexity index is 2970. The molecule has 8 aromatic carbocycles. The van der Waals surface area contributed by atoms with E-state index in [1.54, 1.807) is 0 Å². The molecule has 0 amide bonds. The lowest BCUT2D eigenvalue weighted by Gasteiger charge is -2.30. The van der Waals surface area contributed by atoms with Crippen molar-refractivity contribution in [3.05, 3.63) is 206 Å². The van der Waals surface area contributed by atoms with Crippen molar-refractivity contribution in [3.63, 3.8) is 0 Å². The molecule has 1 aliphatic carbocycles. The van der Waals surface area contributed by atoms with Crippen molar-refractivity contribution in [2.75, 3.05) is 4.90 Å². The molecule has 0 bridgehead atoms. The zero-order chi connectivity index (χ0) is 36.3. The Hall–Kier alpha value is -6.55. The van der Waals surface area contributed by atoms with E-state index >= 15 is 0 Å². The van der Waals surface area contributed by atoms with E-state index in [0.717, 1.165) is 44.4 Å². The molecule has 2 aliphatic rings. The van der Waals surface area contributed by atoms with Crippen molar-refractivity contribution in [1.82, 2.24) is 0 Å². The number of hydrogen-bond donors (Lipinski definition) is 0. The Morgan fingerprint density at radius 3 is 2.09 bits per heavy atom. The highest BCUT2D eigenvalue weighted by atomic mass is 32.2. The molecule has 0 saturated carbocycles. The lowest BCUT2D eigenvalue weighted by molar-refractivity contribution is 0.670.